The number of hydrogen-bond donors (Lipinski definition) is 2. The van der Waals surface area contributed by atoms with Gasteiger partial charge in [0.15, 0.2) is 5.82 Å². The number of hydrogen-bond acceptors (Lipinski definition) is 6. The lowest BCUT2D eigenvalue weighted by molar-refractivity contribution is 0.120. The molecule has 1 atom stereocenters. The summed E-state index contributed by atoms with van der Waals surface area (Å²) in [7, 11) is 0. The fourth-order valence-corrected chi connectivity index (χ4v) is 1.95. The van der Waals surface area contributed by atoms with Gasteiger partial charge < -0.3 is 20.5 Å². The first-order chi connectivity index (χ1) is 8.70. The average molecular weight is 252 g/mol. The molecule has 2 heterocycles. The molecule has 1 aromatic rings. The van der Waals surface area contributed by atoms with Gasteiger partial charge in [-0.2, -0.15) is 4.98 Å². The molecule has 0 saturated carbocycles. The van der Waals surface area contributed by atoms with Crippen LogP contribution in [0.4, 0.5) is 11.5 Å². The summed E-state index contributed by atoms with van der Waals surface area (Å²) in [5.41, 5.74) is 6.43. The minimum atomic E-state index is 0.246. The number of nitrogen functional groups attached to an aromatic ring is 1. The third-order valence-electron chi connectivity index (χ3n) is 2.82. The molecule has 1 aliphatic rings. The molecule has 6 heteroatoms. The molecule has 0 amide bonds. The number of ether oxygens (including phenoxy) is 2. The topological polar surface area (TPSA) is 82.3 Å². The fraction of sp³-hybridized carbons (Fsp3) is 0.667. The summed E-state index contributed by atoms with van der Waals surface area (Å²) in [6, 6.07) is 0. The highest BCUT2D eigenvalue weighted by molar-refractivity contribution is 5.66. The Labute approximate surface area is 107 Å². The summed E-state index contributed by atoms with van der Waals surface area (Å²) in [5.74, 6) is 1.71. The molecule has 6 nitrogen and oxygen atoms in total. The molecule has 0 aromatic carbocycles. The lowest BCUT2D eigenvalue weighted by atomic mass is 10.2. The highest BCUT2D eigenvalue weighted by atomic mass is 16.5. The summed E-state index contributed by atoms with van der Waals surface area (Å²) in [6.07, 6.45) is 2.44. The van der Waals surface area contributed by atoms with Crippen LogP contribution < -0.4 is 15.8 Å². The summed E-state index contributed by atoms with van der Waals surface area (Å²) in [5, 5.41) is 3.21. The molecule has 1 aliphatic heterocycles. The van der Waals surface area contributed by atoms with Crippen molar-refractivity contribution in [2.75, 3.05) is 30.8 Å². The molecule has 0 spiro atoms. The third kappa shape index (κ3) is 3.01. The lowest BCUT2D eigenvalue weighted by Gasteiger charge is -2.15. The van der Waals surface area contributed by atoms with Gasteiger partial charge in [-0.25, -0.2) is 4.98 Å². The van der Waals surface area contributed by atoms with Crippen LogP contribution in [0.2, 0.25) is 0 Å². The first-order valence-electron chi connectivity index (χ1n) is 6.33. The minimum Gasteiger partial charge on any atom is -0.476 e. The van der Waals surface area contributed by atoms with Crippen molar-refractivity contribution in [1.29, 1.82) is 0 Å². The van der Waals surface area contributed by atoms with E-state index in [0.29, 0.717) is 36.4 Å². The van der Waals surface area contributed by atoms with Crippen LogP contribution in [-0.4, -0.2) is 35.8 Å². The van der Waals surface area contributed by atoms with Crippen LogP contribution in [0.15, 0.2) is 0 Å². The van der Waals surface area contributed by atoms with Crippen LogP contribution in [0.5, 0.6) is 5.88 Å². The molecule has 0 bridgehead atoms. The van der Waals surface area contributed by atoms with Gasteiger partial charge in [0.25, 0.3) is 0 Å². The number of aromatic nitrogens is 2. The lowest BCUT2D eigenvalue weighted by Crippen LogP contribution is -2.20. The Morgan fingerprint density at radius 1 is 1.50 bits per heavy atom. The van der Waals surface area contributed by atoms with Crippen LogP contribution >= 0.6 is 0 Å². The minimum absolute atomic E-state index is 0.246. The number of nitrogens with two attached hydrogens (primary N) is 1. The second kappa shape index (κ2) is 5.86. The molecule has 1 saturated heterocycles. The van der Waals surface area contributed by atoms with Gasteiger partial charge in [-0.15, -0.1) is 0 Å². The van der Waals surface area contributed by atoms with Gasteiger partial charge in [0.2, 0.25) is 5.88 Å². The van der Waals surface area contributed by atoms with Gasteiger partial charge >= 0.3 is 0 Å². The molecular formula is C12H20N4O2. The highest BCUT2D eigenvalue weighted by Crippen LogP contribution is 2.26. The van der Waals surface area contributed by atoms with Crippen LogP contribution in [0.1, 0.15) is 25.6 Å². The van der Waals surface area contributed by atoms with Gasteiger partial charge in [-0.1, -0.05) is 0 Å². The molecule has 2 rings (SSSR count). The second-order valence-corrected chi connectivity index (χ2v) is 4.29. The second-order valence-electron chi connectivity index (χ2n) is 4.29. The molecule has 0 radical (unpaired) electrons. The maximum atomic E-state index is 5.97. The van der Waals surface area contributed by atoms with Gasteiger partial charge in [0.05, 0.1) is 12.7 Å². The van der Waals surface area contributed by atoms with E-state index in [1.165, 1.54) is 0 Å². The van der Waals surface area contributed by atoms with Crippen molar-refractivity contribution < 1.29 is 9.47 Å². The monoisotopic (exact) mass is 252 g/mol. The van der Waals surface area contributed by atoms with Gasteiger partial charge in [-0.3, -0.25) is 0 Å². The predicted molar refractivity (Wildman–Crippen MR) is 69.8 cm³/mol. The Bertz CT molecular complexity index is 405. The quantitative estimate of drug-likeness (QED) is 0.823. The number of nitrogens with zero attached hydrogens (tertiary/aromatic N) is 2. The number of anilines is 2. The van der Waals surface area contributed by atoms with E-state index in [-0.39, 0.29) is 6.10 Å². The van der Waals surface area contributed by atoms with E-state index in [4.69, 9.17) is 15.2 Å². The van der Waals surface area contributed by atoms with Crippen molar-refractivity contribution in [1.82, 2.24) is 9.97 Å². The largest absolute Gasteiger partial charge is 0.476 e. The smallest absolute Gasteiger partial charge is 0.242 e. The van der Waals surface area contributed by atoms with E-state index in [2.05, 4.69) is 15.3 Å². The zero-order valence-corrected chi connectivity index (χ0v) is 10.9. The van der Waals surface area contributed by atoms with Gasteiger partial charge in [0, 0.05) is 13.2 Å². The first kappa shape index (κ1) is 12.9. The van der Waals surface area contributed by atoms with Crippen molar-refractivity contribution in [2.45, 2.75) is 32.8 Å². The van der Waals surface area contributed by atoms with Crippen molar-refractivity contribution in [3.8, 4) is 5.88 Å². The Hall–Kier alpha value is -1.56. The average Bonchev–Trinajstić information content (AvgIpc) is 2.85. The Morgan fingerprint density at radius 2 is 2.33 bits per heavy atom. The maximum Gasteiger partial charge on any atom is 0.242 e. The van der Waals surface area contributed by atoms with Crippen molar-refractivity contribution in [3.05, 3.63) is 5.82 Å². The van der Waals surface area contributed by atoms with E-state index in [1.54, 1.807) is 0 Å². The molecule has 1 unspecified atom stereocenters. The Morgan fingerprint density at radius 3 is 3.00 bits per heavy atom. The Balaban J connectivity index is 2.06. The van der Waals surface area contributed by atoms with Crippen molar-refractivity contribution in [3.63, 3.8) is 0 Å². The molecule has 1 fully saturated rings. The van der Waals surface area contributed by atoms with E-state index in [9.17, 15) is 0 Å². The Kier molecular flexibility index (Phi) is 4.19. The standard InChI is InChI=1S/C12H20N4O2/c1-3-17-12-10(13)11(15-8(2)16-12)14-7-9-5-4-6-18-9/h9H,3-7,13H2,1-2H3,(H,14,15,16). The van der Waals surface area contributed by atoms with Crippen molar-refractivity contribution >= 4 is 11.5 Å². The summed E-state index contributed by atoms with van der Waals surface area (Å²) < 4.78 is 10.9. The molecule has 1 aromatic heterocycles. The zero-order valence-electron chi connectivity index (χ0n) is 10.9. The van der Waals surface area contributed by atoms with Crippen LogP contribution in [0.3, 0.4) is 0 Å². The fourth-order valence-electron chi connectivity index (χ4n) is 1.95. The van der Waals surface area contributed by atoms with E-state index in [1.807, 2.05) is 13.8 Å². The molecule has 0 aliphatic carbocycles. The molecule has 18 heavy (non-hydrogen) atoms. The summed E-state index contributed by atoms with van der Waals surface area (Å²) in [4.78, 5) is 8.47. The van der Waals surface area contributed by atoms with Crippen LogP contribution in [0.25, 0.3) is 0 Å². The molecular weight excluding hydrogens is 232 g/mol. The predicted octanol–water partition coefficient (Wildman–Crippen LogP) is 1.36. The third-order valence-corrected chi connectivity index (χ3v) is 2.82. The highest BCUT2D eigenvalue weighted by Gasteiger charge is 2.17. The SMILES string of the molecule is CCOc1nc(C)nc(NCC2CCCO2)c1N. The van der Waals surface area contributed by atoms with E-state index < -0.39 is 0 Å². The van der Waals surface area contributed by atoms with Gasteiger partial charge in [-0.05, 0) is 26.7 Å². The first-order valence-corrected chi connectivity index (χ1v) is 6.33. The van der Waals surface area contributed by atoms with Crippen molar-refractivity contribution in [2.24, 2.45) is 0 Å². The normalized spacial score (nSPS) is 18.9. The van der Waals surface area contributed by atoms with Crippen LogP contribution in [0, 0.1) is 6.92 Å². The molecule has 3 N–H and O–H groups in total. The molecule has 100 valence electrons. The maximum absolute atomic E-state index is 5.97. The van der Waals surface area contributed by atoms with E-state index >= 15 is 0 Å². The number of aryl methyl sites for hydroxylation is 1. The van der Waals surface area contributed by atoms with Crippen LogP contribution in [-0.2, 0) is 4.74 Å². The summed E-state index contributed by atoms with van der Waals surface area (Å²) in [6.45, 7) is 5.81. The van der Waals surface area contributed by atoms with Gasteiger partial charge in [0.1, 0.15) is 11.5 Å². The number of rotatable bonds is 5. The van der Waals surface area contributed by atoms with E-state index in [0.717, 1.165) is 19.4 Å². The zero-order chi connectivity index (χ0) is 13.0. The summed E-state index contributed by atoms with van der Waals surface area (Å²) >= 11 is 0. The number of nitrogens with one attached hydrogen (secondary N) is 1.